The van der Waals surface area contributed by atoms with Crippen LogP contribution in [0.1, 0.15) is 290 Å². The van der Waals surface area contributed by atoms with Gasteiger partial charge in [0.05, 0.1) is 33.8 Å². The van der Waals surface area contributed by atoms with E-state index >= 15 is 0 Å². The highest BCUT2D eigenvalue weighted by atomic mass is 31.2. The van der Waals surface area contributed by atoms with Gasteiger partial charge in [0.2, 0.25) is 5.91 Å². The number of likely N-dealkylation sites (N-methyl/N-ethyl adjacent to an activating group) is 1. The molecule has 0 aromatic carbocycles. The second-order valence-corrected chi connectivity index (χ2v) is 24.3. The summed E-state index contributed by atoms with van der Waals surface area (Å²) in [5.41, 5.74) is 0. The predicted molar refractivity (Wildman–Crippen MR) is 330 cm³/mol. The number of phosphoric acid groups is 1. The maximum atomic E-state index is 13.5. The molecule has 0 radical (unpaired) electrons. The van der Waals surface area contributed by atoms with Crippen molar-refractivity contribution in [3.63, 3.8) is 0 Å². The van der Waals surface area contributed by atoms with E-state index in [1.807, 2.05) is 33.3 Å². The number of hydrogen-bond donors (Lipinski definition) is 1. The fourth-order valence-corrected chi connectivity index (χ4v) is 9.81. The van der Waals surface area contributed by atoms with Gasteiger partial charge in [0.15, 0.2) is 0 Å². The number of esters is 1. The summed E-state index contributed by atoms with van der Waals surface area (Å²) < 4.78 is 30.3. The van der Waals surface area contributed by atoms with Gasteiger partial charge < -0.3 is 28.5 Å². The fourth-order valence-electron chi connectivity index (χ4n) is 9.09. The van der Waals surface area contributed by atoms with E-state index in [9.17, 15) is 19.0 Å². The topological polar surface area (TPSA) is 114 Å². The van der Waals surface area contributed by atoms with Gasteiger partial charge in [0, 0.05) is 12.8 Å². The van der Waals surface area contributed by atoms with E-state index in [2.05, 4.69) is 86.8 Å². The Morgan fingerprint density at radius 3 is 1.21 bits per heavy atom. The molecule has 0 aliphatic rings. The summed E-state index contributed by atoms with van der Waals surface area (Å²) in [6.07, 6.45) is 73.0. The minimum atomic E-state index is -4.71. The van der Waals surface area contributed by atoms with Crippen molar-refractivity contribution in [2.24, 2.45) is 0 Å². The Morgan fingerprint density at radius 1 is 0.455 bits per heavy atom. The van der Waals surface area contributed by atoms with Gasteiger partial charge in [-0.1, -0.05) is 248 Å². The molecule has 0 saturated carbocycles. The molecule has 0 bridgehead atoms. The van der Waals surface area contributed by atoms with Crippen LogP contribution in [-0.4, -0.2) is 69.4 Å². The van der Waals surface area contributed by atoms with Crippen LogP contribution in [0.2, 0.25) is 0 Å². The molecule has 0 aliphatic carbocycles. The highest BCUT2D eigenvalue weighted by Gasteiger charge is 2.27. The number of phosphoric ester groups is 1. The molecule has 0 saturated heterocycles. The molecule has 3 unspecified atom stereocenters. The Hall–Kier alpha value is -2.55. The molecule has 1 amide bonds. The molecule has 0 aliphatic heterocycles. The van der Waals surface area contributed by atoms with E-state index in [4.69, 9.17) is 13.8 Å². The highest BCUT2D eigenvalue weighted by molar-refractivity contribution is 7.45. The Morgan fingerprint density at radius 2 is 0.792 bits per heavy atom. The molecular weight excluding hydrogens is 976 g/mol. The summed E-state index contributed by atoms with van der Waals surface area (Å²) in [5.74, 6) is -0.563. The van der Waals surface area contributed by atoms with Crippen LogP contribution in [0.3, 0.4) is 0 Å². The van der Waals surface area contributed by atoms with E-state index in [-0.39, 0.29) is 31.3 Å². The van der Waals surface area contributed by atoms with Crippen LogP contribution in [0.5, 0.6) is 0 Å². The lowest BCUT2D eigenvalue weighted by atomic mass is 10.0. The van der Waals surface area contributed by atoms with Crippen LogP contribution in [-0.2, 0) is 27.9 Å². The number of rotatable bonds is 58. The van der Waals surface area contributed by atoms with E-state index in [1.54, 1.807) is 0 Å². The van der Waals surface area contributed by atoms with Gasteiger partial charge in [-0.15, -0.1) is 0 Å². The molecule has 9 nitrogen and oxygen atoms in total. The standard InChI is InChI=1S/C67H123N2O7P/c1-7-10-13-16-19-22-25-27-29-31-32-33-34-35-36-38-40-42-45-48-51-54-57-60-67(71)76-65(58-55-52-49-46-43-24-21-18-15-12-9-3)64(63-75-77(72,73)74-62-61-69(4,5)6)68-66(70)59-56-53-50-47-44-41-39-37-30-28-26-23-20-17-14-11-8-2/h19-20,22-23,27-30,39,41,55,58,64-65H,7-18,21,24-26,31-38,40,42-54,56-57,59-63H2,1-6H3,(H-,68,70,72,73)/b22-19-,23-20-,29-27-,30-28-,41-39-,58-55-. The third-order valence-electron chi connectivity index (χ3n) is 14.1. The number of carbonyl (C=O) groups is 2. The van der Waals surface area contributed by atoms with Crippen molar-refractivity contribution in [2.75, 3.05) is 40.9 Å². The highest BCUT2D eigenvalue weighted by Crippen LogP contribution is 2.38. The lowest BCUT2D eigenvalue weighted by Gasteiger charge is -2.30. The van der Waals surface area contributed by atoms with E-state index in [1.165, 1.54) is 167 Å². The zero-order valence-corrected chi connectivity index (χ0v) is 52.0. The monoisotopic (exact) mass is 1100 g/mol. The molecule has 0 spiro atoms. The molecule has 448 valence electrons. The number of unbranched alkanes of at least 4 members (excludes halogenated alkanes) is 32. The van der Waals surface area contributed by atoms with Crippen molar-refractivity contribution in [1.82, 2.24) is 5.32 Å². The molecule has 3 atom stereocenters. The number of nitrogens with one attached hydrogen (secondary N) is 1. The first-order valence-electron chi connectivity index (χ1n) is 32.2. The van der Waals surface area contributed by atoms with E-state index < -0.39 is 26.6 Å². The number of ether oxygens (including phenoxy) is 1. The molecule has 0 rings (SSSR count). The maximum absolute atomic E-state index is 13.5. The van der Waals surface area contributed by atoms with Gasteiger partial charge in [-0.3, -0.25) is 14.2 Å². The van der Waals surface area contributed by atoms with E-state index in [0.717, 1.165) is 83.5 Å². The second-order valence-electron chi connectivity index (χ2n) is 22.9. The van der Waals surface area contributed by atoms with Gasteiger partial charge in [-0.25, -0.2) is 0 Å². The maximum Gasteiger partial charge on any atom is 0.306 e. The largest absolute Gasteiger partial charge is 0.756 e. The van der Waals surface area contributed by atoms with Crippen LogP contribution in [0.25, 0.3) is 0 Å². The molecule has 77 heavy (non-hydrogen) atoms. The molecule has 10 heteroatoms. The summed E-state index contributed by atoms with van der Waals surface area (Å²) in [5, 5.41) is 3.02. The lowest BCUT2D eigenvalue weighted by Crippen LogP contribution is -2.47. The molecular formula is C67H123N2O7P. The first-order valence-corrected chi connectivity index (χ1v) is 33.7. The summed E-state index contributed by atoms with van der Waals surface area (Å²) in [4.78, 5) is 40.0. The van der Waals surface area contributed by atoms with E-state index in [0.29, 0.717) is 17.4 Å². The summed E-state index contributed by atoms with van der Waals surface area (Å²) in [6, 6.07) is -0.902. The van der Waals surface area contributed by atoms with Crippen LogP contribution in [0.15, 0.2) is 72.9 Å². The normalized spacial score (nSPS) is 14.1. The number of quaternary nitrogens is 1. The Balaban J connectivity index is 5.16. The average molecular weight is 1100 g/mol. The number of nitrogens with zero attached hydrogens (tertiary/aromatic N) is 1. The third kappa shape index (κ3) is 57.9. The zero-order chi connectivity index (χ0) is 56.4. The molecule has 1 N–H and O–H groups in total. The molecule has 0 aromatic rings. The Labute approximate surface area is 476 Å². The SMILES string of the molecule is CCCCC/C=C\C/C=C\C/C=C\CCCCCCC(=O)NC(COP(=O)([O-])OCC[N+](C)(C)C)C(/C=C\CCCCCCCCCCC)OC(=O)CCCCCCCCCCCCCCC/C=C\C/C=C\CCCCC. The number of allylic oxidation sites excluding steroid dienone is 11. The van der Waals surface area contributed by atoms with Crippen molar-refractivity contribution in [2.45, 2.75) is 303 Å². The minimum absolute atomic E-state index is 0.0287. The quantitative estimate of drug-likeness (QED) is 0.0212. The zero-order valence-electron chi connectivity index (χ0n) is 51.2. The van der Waals surface area contributed by atoms with Gasteiger partial charge in [0.1, 0.15) is 19.3 Å². The van der Waals surface area contributed by atoms with Crippen molar-refractivity contribution >= 4 is 19.7 Å². The first-order chi connectivity index (χ1) is 37.4. The Kier molecular flexibility index (Phi) is 54.8. The van der Waals surface area contributed by atoms with Gasteiger partial charge >= 0.3 is 5.97 Å². The van der Waals surface area contributed by atoms with Crippen LogP contribution in [0, 0.1) is 0 Å². The molecule has 0 aromatic heterocycles. The number of hydrogen-bond acceptors (Lipinski definition) is 7. The van der Waals surface area contributed by atoms with Gasteiger partial charge in [-0.05, 0) is 102 Å². The molecule has 0 fully saturated rings. The Bertz CT molecular complexity index is 1550. The lowest BCUT2D eigenvalue weighted by molar-refractivity contribution is -0.870. The van der Waals surface area contributed by atoms with Crippen molar-refractivity contribution in [1.29, 1.82) is 0 Å². The predicted octanol–water partition coefficient (Wildman–Crippen LogP) is 19.4. The van der Waals surface area contributed by atoms with Crippen LogP contribution in [0.4, 0.5) is 0 Å². The van der Waals surface area contributed by atoms with Crippen molar-refractivity contribution in [3.05, 3.63) is 72.9 Å². The average Bonchev–Trinajstić information content (AvgIpc) is 3.39. The first kappa shape index (κ1) is 74.5. The smallest absolute Gasteiger partial charge is 0.306 e. The van der Waals surface area contributed by atoms with Gasteiger partial charge in [0.25, 0.3) is 7.82 Å². The number of amides is 1. The summed E-state index contributed by atoms with van der Waals surface area (Å²) >= 11 is 0. The van der Waals surface area contributed by atoms with Crippen LogP contribution >= 0.6 is 7.82 Å². The third-order valence-corrected chi connectivity index (χ3v) is 15.1. The molecule has 0 heterocycles. The van der Waals surface area contributed by atoms with Crippen LogP contribution < -0.4 is 10.2 Å². The summed E-state index contributed by atoms with van der Waals surface area (Å²) in [6.45, 7) is 6.78. The fraction of sp³-hybridized carbons (Fsp3) is 0.791. The van der Waals surface area contributed by atoms with Crippen molar-refractivity contribution < 1.29 is 37.3 Å². The van der Waals surface area contributed by atoms with Gasteiger partial charge in [-0.2, -0.15) is 0 Å². The second kappa shape index (κ2) is 56.7. The minimum Gasteiger partial charge on any atom is -0.756 e. The van der Waals surface area contributed by atoms with Crippen molar-refractivity contribution in [3.8, 4) is 0 Å². The number of carbonyl (C=O) groups excluding carboxylic acids is 2. The summed E-state index contributed by atoms with van der Waals surface area (Å²) in [7, 11) is 1.17.